The Bertz CT molecular complexity index is 247. The van der Waals surface area contributed by atoms with E-state index >= 15 is 0 Å². The van der Waals surface area contributed by atoms with Crippen molar-refractivity contribution in [3.05, 3.63) is 0 Å². The zero-order valence-electron chi connectivity index (χ0n) is 15.2. The molecule has 0 N–H and O–H groups in total. The maximum absolute atomic E-state index is 7.33. The first kappa shape index (κ1) is 20.4. The fraction of sp³-hybridized carbons (Fsp3) is 1.00. The topological polar surface area (TPSA) is 9.23 Å². The van der Waals surface area contributed by atoms with Crippen molar-refractivity contribution < 1.29 is 35.9 Å². The van der Waals surface area contributed by atoms with Crippen molar-refractivity contribution in [2.24, 2.45) is 0 Å². The van der Waals surface area contributed by atoms with E-state index in [1.54, 1.807) is 0 Å². The van der Waals surface area contributed by atoms with Crippen LogP contribution >= 0.6 is 0 Å². The minimum absolute atomic E-state index is 0.364. The minimum atomic E-state index is -2.41. The monoisotopic (exact) mass is 342 g/mol. The number of rotatable bonds is 6. The summed E-state index contributed by atoms with van der Waals surface area (Å²) in [5.74, 6) is 0. The standard InChI is InChI=1S/2C4H9.4C2H5.O.2Ti/c2*1-4(2)3;4*1-2;;;/h2*1-3H3;4*1H2,2H3;;;. The van der Waals surface area contributed by atoms with Crippen molar-refractivity contribution in [3.8, 4) is 0 Å². The van der Waals surface area contributed by atoms with E-state index in [9.17, 15) is 0 Å². The van der Waals surface area contributed by atoms with Crippen LogP contribution in [0.25, 0.3) is 0 Å². The molecule has 0 aromatic carbocycles. The Kier molecular flexibility index (Phi) is 7.62. The summed E-state index contributed by atoms with van der Waals surface area (Å²) >= 11 is -4.49. The molecule has 0 saturated heterocycles. The molecule has 0 radical (unpaired) electrons. The van der Waals surface area contributed by atoms with Crippen LogP contribution in [0, 0.1) is 0 Å². The summed E-state index contributed by atoms with van der Waals surface area (Å²) in [4.78, 5) is 0. The summed E-state index contributed by atoms with van der Waals surface area (Å²) in [6, 6.07) is 0. The molecule has 0 saturated carbocycles. The van der Waals surface area contributed by atoms with Crippen LogP contribution in [0.5, 0.6) is 0 Å². The summed E-state index contributed by atoms with van der Waals surface area (Å²) in [5, 5.41) is 0. The van der Waals surface area contributed by atoms with E-state index in [1.807, 2.05) is 0 Å². The van der Waals surface area contributed by atoms with Crippen LogP contribution in [0.1, 0.15) is 69.2 Å². The quantitative estimate of drug-likeness (QED) is 0.459. The average Bonchev–Trinajstić information content (AvgIpc) is 2.28. The molecule has 3 heteroatoms. The van der Waals surface area contributed by atoms with Crippen molar-refractivity contribution >= 4 is 0 Å². The molecule has 0 fully saturated rings. The molecule has 1 nitrogen and oxygen atoms in total. The van der Waals surface area contributed by atoms with Crippen LogP contribution in [0.4, 0.5) is 0 Å². The molecule has 0 rings (SSSR count). The van der Waals surface area contributed by atoms with Crippen LogP contribution < -0.4 is 0 Å². The first-order chi connectivity index (χ1) is 8.45. The Morgan fingerprint density at radius 3 is 1.11 bits per heavy atom. The van der Waals surface area contributed by atoms with Crippen molar-refractivity contribution in [2.45, 2.75) is 95.6 Å². The molecule has 0 amide bonds. The molecular formula is C16H38OTi2. The van der Waals surface area contributed by atoms with Gasteiger partial charge in [0.25, 0.3) is 0 Å². The normalized spacial score (nSPS) is 14.8. The van der Waals surface area contributed by atoms with Gasteiger partial charge in [-0.25, -0.2) is 0 Å². The molecule has 116 valence electrons. The Hall–Kier alpha value is 1.39. The molecule has 0 atom stereocenters. The summed E-state index contributed by atoms with van der Waals surface area (Å²) in [6.45, 7) is 24.2. The van der Waals surface area contributed by atoms with Gasteiger partial charge in [0.15, 0.2) is 0 Å². The molecule has 0 aliphatic heterocycles. The van der Waals surface area contributed by atoms with E-state index in [2.05, 4.69) is 69.2 Å². The molecule has 0 spiro atoms. The van der Waals surface area contributed by atoms with Crippen molar-refractivity contribution in [2.75, 3.05) is 0 Å². The Labute approximate surface area is 130 Å². The van der Waals surface area contributed by atoms with Gasteiger partial charge in [-0.3, -0.25) is 0 Å². The molecule has 0 aromatic rings. The summed E-state index contributed by atoms with van der Waals surface area (Å²) in [5.41, 5.74) is 0. The van der Waals surface area contributed by atoms with E-state index < -0.39 is 34.0 Å². The van der Waals surface area contributed by atoms with E-state index in [1.165, 1.54) is 18.9 Å². The van der Waals surface area contributed by atoms with Gasteiger partial charge < -0.3 is 0 Å². The van der Waals surface area contributed by atoms with Gasteiger partial charge in [-0.1, -0.05) is 0 Å². The van der Waals surface area contributed by atoms with E-state index in [4.69, 9.17) is 1.90 Å². The average molecular weight is 342 g/mol. The fourth-order valence-corrected chi connectivity index (χ4v) is 28.5. The first-order valence-electron chi connectivity index (χ1n) is 8.15. The van der Waals surface area contributed by atoms with Gasteiger partial charge in [-0.2, -0.15) is 0 Å². The van der Waals surface area contributed by atoms with Gasteiger partial charge in [-0.15, -0.1) is 0 Å². The molecule has 19 heavy (non-hydrogen) atoms. The second kappa shape index (κ2) is 7.10. The van der Waals surface area contributed by atoms with Crippen molar-refractivity contribution in [3.63, 3.8) is 0 Å². The van der Waals surface area contributed by atoms with Gasteiger partial charge in [0, 0.05) is 0 Å². The number of hydrogen-bond donors (Lipinski definition) is 0. The maximum atomic E-state index is 7.33. The zero-order valence-corrected chi connectivity index (χ0v) is 18.4. The number of hydrogen-bond acceptors (Lipinski definition) is 1. The van der Waals surface area contributed by atoms with Gasteiger partial charge >= 0.3 is 131 Å². The van der Waals surface area contributed by atoms with E-state index in [0.717, 1.165) is 0 Å². The third kappa shape index (κ3) is 4.19. The van der Waals surface area contributed by atoms with Crippen LogP contribution in [-0.2, 0) is 35.9 Å². The Morgan fingerprint density at radius 2 is 0.947 bits per heavy atom. The van der Waals surface area contributed by atoms with Crippen molar-refractivity contribution in [1.29, 1.82) is 0 Å². The third-order valence-electron chi connectivity index (χ3n) is 5.24. The third-order valence-corrected chi connectivity index (χ3v) is 26.7. The van der Waals surface area contributed by atoms with Crippen LogP contribution in [0.2, 0.25) is 26.3 Å². The van der Waals surface area contributed by atoms with Crippen LogP contribution in [0.3, 0.4) is 0 Å². The second-order valence-electron chi connectivity index (χ2n) is 8.03. The first-order valence-corrected chi connectivity index (χ1v) is 15.4. The SMILES string of the molecule is C[CH2][Ti]([CH2]C)([CH2]C)[O][Ti]([CH2]C)([C](C)(C)C)[C](C)(C)C. The van der Waals surface area contributed by atoms with Crippen molar-refractivity contribution in [1.82, 2.24) is 0 Å². The molecular weight excluding hydrogens is 304 g/mol. The fourth-order valence-electron chi connectivity index (χ4n) is 3.90. The molecule has 0 aromatic heterocycles. The zero-order chi connectivity index (χ0) is 15.5. The summed E-state index contributed by atoms with van der Waals surface area (Å²) in [6.07, 6.45) is 0. The van der Waals surface area contributed by atoms with Crippen LogP contribution in [0.15, 0.2) is 0 Å². The second-order valence-corrected chi connectivity index (χ2v) is 25.0. The Morgan fingerprint density at radius 1 is 0.632 bits per heavy atom. The molecule has 0 bridgehead atoms. The van der Waals surface area contributed by atoms with Gasteiger partial charge in [0.1, 0.15) is 0 Å². The summed E-state index contributed by atoms with van der Waals surface area (Å²) in [7, 11) is 0. The molecule has 0 aliphatic rings. The predicted molar refractivity (Wildman–Crippen MR) is 82.4 cm³/mol. The van der Waals surface area contributed by atoms with E-state index in [0.29, 0.717) is 7.44 Å². The predicted octanol–water partition coefficient (Wildman–Crippen LogP) is 7.33. The Balaban J connectivity index is 5.77. The molecule has 0 aliphatic carbocycles. The summed E-state index contributed by atoms with van der Waals surface area (Å²) < 4.78 is 13.3. The van der Waals surface area contributed by atoms with Crippen LogP contribution in [-0.4, -0.2) is 0 Å². The van der Waals surface area contributed by atoms with E-state index in [-0.39, 0.29) is 0 Å². The molecule has 0 heterocycles. The van der Waals surface area contributed by atoms with Gasteiger partial charge in [0.2, 0.25) is 0 Å². The van der Waals surface area contributed by atoms with Gasteiger partial charge in [0.05, 0.1) is 0 Å². The molecule has 0 unspecified atom stereocenters. The van der Waals surface area contributed by atoms with Gasteiger partial charge in [-0.05, 0) is 0 Å².